The first-order valence-corrected chi connectivity index (χ1v) is 14.8. The van der Waals surface area contributed by atoms with Gasteiger partial charge in [0.25, 0.3) is 0 Å². The second-order valence-electron chi connectivity index (χ2n) is 10.3. The smallest absolute Gasteiger partial charge is 0.412 e. The van der Waals surface area contributed by atoms with Crippen LogP contribution in [0.3, 0.4) is 0 Å². The molecular formula is C36H37N3O7. The van der Waals surface area contributed by atoms with Crippen molar-refractivity contribution in [2.45, 2.75) is 32.0 Å². The van der Waals surface area contributed by atoms with Gasteiger partial charge < -0.3 is 30.4 Å². The second kappa shape index (κ2) is 17.0. The van der Waals surface area contributed by atoms with Crippen molar-refractivity contribution >= 4 is 34.8 Å². The van der Waals surface area contributed by atoms with E-state index < -0.39 is 18.3 Å². The van der Waals surface area contributed by atoms with Crippen molar-refractivity contribution in [1.29, 1.82) is 0 Å². The molecule has 4 aromatic rings. The van der Waals surface area contributed by atoms with Gasteiger partial charge in [0.1, 0.15) is 24.2 Å². The van der Waals surface area contributed by atoms with E-state index >= 15 is 0 Å². The lowest BCUT2D eigenvalue weighted by atomic mass is 10.00. The lowest BCUT2D eigenvalue weighted by molar-refractivity contribution is -0.111. The molecule has 0 bridgehead atoms. The molecule has 4 rings (SSSR count). The maximum absolute atomic E-state index is 13.2. The molecule has 46 heavy (non-hydrogen) atoms. The van der Waals surface area contributed by atoms with Crippen LogP contribution in [-0.2, 0) is 9.53 Å². The maximum atomic E-state index is 13.2. The van der Waals surface area contributed by atoms with E-state index in [1.54, 1.807) is 91.0 Å². The fraction of sp³-hybridized carbons (Fsp3) is 0.194. The number of allylic oxidation sites excluding steroid dienone is 1. The van der Waals surface area contributed by atoms with Crippen molar-refractivity contribution in [2.75, 3.05) is 29.6 Å². The average molecular weight is 624 g/mol. The Morgan fingerprint density at radius 1 is 0.848 bits per heavy atom. The molecule has 4 aromatic carbocycles. The van der Waals surface area contributed by atoms with Gasteiger partial charge in [-0.15, -0.1) is 0 Å². The van der Waals surface area contributed by atoms with Crippen LogP contribution in [0, 0.1) is 0 Å². The number of Topliss-reactive ketones (excluding diaryl/α,β-unsaturated/α-hetero) is 1. The Labute approximate surface area is 267 Å². The van der Waals surface area contributed by atoms with E-state index in [1.807, 2.05) is 18.2 Å². The van der Waals surface area contributed by atoms with Crippen molar-refractivity contribution in [3.05, 3.63) is 126 Å². The Hall–Kier alpha value is -5.61. The average Bonchev–Trinajstić information content (AvgIpc) is 3.06. The molecule has 10 nitrogen and oxygen atoms in total. The van der Waals surface area contributed by atoms with Crippen LogP contribution in [0.5, 0.6) is 11.5 Å². The number of nitrogens with two attached hydrogens (primary N) is 1. The summed E-state index contributed by atoms with van der Waals surface area (Å²) in [6, 6.07) is 29.6. The van der Waals surface area contributed by atoms with Gasteiger partial charge in [-0.2, -0.15) is 0 Å². The number of nitrogen functional groups attached to an aromatic ring is 1. The summed E-state index contributed by atoms with van der Waals surface area (Å²) in [6.07, 6.45) is 1.66. The summed E-state index contributed by atoms with van der Waals surface area (Å²) in [7, 11) is 0. The molecule has 0 aromatic heterocycles. The highest BCUT2D eigenvalue weighted by Gasteiger charge is 2.29. The van der Waals surface area contributed by atoms with Crippen LogP contribution >= 0.6 is 0 Å². The Morgan fingerprint density at radius 2 is 1.54 bits per heavy atom. The van der Waals surface area contributed by atoms with Gasteiger partial charge in [0.15, 0.2) is 11.9 Å². The fourth-order valence-corrected chi connectivity index (χ4v) is 4.51. The molecule has 2 atom stereocenters. The van der Waals surface area contributed by atoms with Crippen LogP contribution in [0.15, 0.2) is 115 Å². The van der Waals surface area contributed by atoms with E-state index in [4.69, 9.17) is 25.1 Å². The molecule has 0 aliphatic heterocycles. The molecule has 0 heterocycles. The molecule has 2 amide bonds. The minimum absolute atomic E-state index is 0.0859. The highest BCUT2D eigenvalue weighted by molar-refractivity contribution is 6.01. The first-order chi connectivity index (χ1) is 22.3. The van der Waals surface area contributed by atoms with Crippen molar-refractivity contribution in [3.8, 4) is 11.5 Å². The van der Waals surface area contributed by atoms with Crippen LogP contribution < -0.4 is 25.8 Å². The van der Waals surface area contributed by atoms with Gasteiger partial charge in [0.05, 0.1) is 18.0 Å². The molecule has 0 saturated heterocycles. The van der Waals surface area contributed by atoms with Crippen molar-refractivity contribution in [3.63, 3.8) is 0 Å². The van der Waals surface area contributed by atoms with E-state index in [2.05, 4.69) is 10.6 Å². The molecular weight excluding hydrogens is 586 g/mol. The van der Waals surface area contributed by atoms with E-state index in [9.17, 15) is 14.4 Å². The number of aliphatic hydroxyl groups is 1. The van der Waals surface area contributed by atoms with Gasteiger partial charge in [0.2, 0.25) is 5.91 Å². The number of rotatable bonds is 15. The molecule has 0 spiro atoms. The summed E-state index contributed by atoms with van der Waals surface area (Å²) in [6.45, 7) is 1.48. The zero-order chi connectivity index (χ0) is 32.7. The van der Waals surface area contributed by atoms with E-state index in [0.29, 0.717) is 52.5 Å². The molecule has 0 unspecified atom stereocenters. The molecule has 0 aliphatic carbocycles. The number of carbonyl (C=O) groups excluding carboxylic acids is 3. The van der Waals surface area contributed by atoms with Crippen molar-refractivity contribution in [2.24, 2.45) is 0 Å². The largest absolute Gasteiger partial charge is 0.491 e. The Bertz CT molecular complexity index is 1610. The van der Waals surface area contributed by atoms with Gasteiger partial charge in [0, 0.05) is 11.3 Å². The van der Waals surface area contributed by atoms with E-state index in [0.717, 1.165) is 0 Å². The number of hydrogen-bond acceptors (Lipinski definition) is 8. The quantitative estimate of drug-likeness (QED) is 0.0661. The molecule has 0 aliphatic rings. The number of aliphatic hydroxyl groups excluding tert-OH is 1. The van der Waals surface area contributed by atoms with E-state index in [-0.39, 0.29) is 24.9 Å². The normalized spacial score (nSPS) is 12.1. The van der Waals surface area contributed by atoms with E-state index in [1.165, 1.54) is 13.0 Å². The number of benzene rings is 4. The van der Waals surface area contributed by atoms with Crippen molar-refractivity contribution < 1.29 is 33.7 Å². The van der Waals surface area contributed by atoms with Crippen LogP contribution in [0.1, 0.15) is 41.8 Å². The molecule has 0 fully saturated rings. The zero-order valence-electron chi connectivity index (χ0n) is 25.4. The lowest BCUT2D eigenvalue weighted by Crippen LogP contribution is -2.31. The van der Waals surface area contributed by atoms with Gasteiger partial charge in [-0.05, 0) is 92.1 Å². The summed E-state index contributed by atoms with van der Waals surface area (Å²) in [5.74, 6) is 0.697. The molecule has 0 saturated carbocycles. The highest BCUT2D eigenvalue weighted by atomic mass is 16.6. The Morgan fingerprint density at radius 3 is 2.22 bits per heavy atom. The number of hydrogen-bond donors (Lipinski definition) is 4. The van der Waals surface area contributed by atoms with Gasteiger partial charge in [-0.3, -0.25) is 14.9 Å². The predicted octanol–water partition coefficient (Wildman–Crippen LogP) is 6.56. The first kappa shape index (κ1) is 33.3. The van der Waals surface area contributed by atoms with Crippen LogP contribution in [-0.4, -0.2) is 42.2 Å². The highest BCUT2D eigenvalue weighted by Crippen LogP contribution is 2.30. The molecule has 5 N–H and O–H groups in total. The number of carbonyl (C=O) groups is 3. The number of anilines is 3. The summed E-state index contributed by atoms with van der Waals surface area (Å²) in [5.41, 5.74) is 8.52. The van der Waals surface area contributed by atoms with Gasteiger partial charge in [-0.1, -0.05) is 48.5 Å². The number of ether oxygens (including phenoxy) is 3. The summed E-state index contributed by atoms with van der Waals surface area (Å²) in [5, 5.41) is 14.6. The Balaban J connectivity index is 1.55. The molecule has 0 radical (unpaired) electrons. The monoisotopic (exact) mass is 623 g/mol. The van der Waals surface area contributed by atoms with Gasteiger partial charge in [-0.25, -0.2) is 4.79 Å². The fourth-order valence-electron chi connectivity index (χ4n) is 4.51. The number of amides is 2. The SMILES string of the molecule is CC(=O)c1ccc(NC(=O)O[C@H](c2ccc(OCCO)cc2)[C@@H](CC/C=C/C(=O)Nc2ccccc2N)Oc2ccccc2)cc1. The van der Waals surface area contributed by atoms with Gasteiger partial charge >= 0.3 is 6.09 Å². The number of para-hydroxylation sites is 3. The second-order valence-corrected chi connectivity index (χ2v) is 10.3. The molecule has 238 valence electrons. The Kier molecular flexibility index (Phi) is 12.3. The van der Waals surface area contributed by atoms with Crippen LogP contribution in [0.25, 0.3) is 0 Å². The summed E-state index contributed by atoms with van der Waals surface area (Å²) >= 11 is 0. The topological polar surface area (TPSA) is 149 Å². The third kappa shape index (κ3) is 10.2. The predicted molar refractivity (Wildman–Crippen MR) is 177 cm³/mol. The number of ketones is 1. The first-order valence-electron chi connectivity index (χ1n) is 14.8. The summed E-state index contributed by atoms with van der Waals surface area (Å²) in [4.78, 5) is 37.4. The van der Waals surface area contributed by atoms with Crippen LogP contribution in [0.4, 0.5) is 21.9 Å². The third-order valence-corrected chi connectivity index (χ3v) is 6.81. The summed E-state index contributed by atoms with van der Waals surface area (Å²) < 4.78 is 17.9. The maximum Gasteiger partial charge on any atom is 0.412 e. The third-order valence-electron chi connectivity index (χ3n) is 6.81. The van der Waals surface area contributed by atoms with Crippen LogP contribution in [0.2, 0.25) is 0 Å². The standard InChI is InChI=1S/C36H37N3O7/c1-25(41)26-15-19-28(20-16-26)38-36(43)46-35(27-17-21-29(22-18-27)44-24-23-40)33(45-30-9-3-2-4-10-30)13-7-8-14-34(42)39-32-12-6-5-11-31(32)37/h2-6,8-12,14-22,33,35,40H,7,13,23-24,37H2,1H3,(H,38,43)(H,39,42)/b14-8+/t33-,35-/m1/s1. The number of nitrogens with one attached hydrogen (secondary N) is 2. The zero-order valence-corrected chi connectivity index (χ0v) is 25.4. The van der Waals surface area contributed by atoms with Crippen molar-refractivity contribution in [1.82, 2.24) is 0 Å². The minimum Gasteiger partial charge on any atom is -0.491 e. The minimum atomic E-state index is -0.880. The lowest BCUT2D eigenvalue weighted by Gasteiger charge is -2.28. The molecule has 10 heteroatoms.